The first kappa shape index (κ1) is 34.7. The fourth-order valence-corrected chi connectivity index (χ4v) is 6.49. The lowest BCUT2D eigenvalue weighted by atomic mass is 9.97. The lowest BCUT2D eigenvalue weighted by Gasteiger charge is -2.24. The zero-order valence-electron chi connectivity index (χ0n) is 25.8. The smallest absolute Gasteiger partial charge is 0.407 e. The molecule has 3 aromatic rings. The Morgan fingerprint density at radius 1 is 0.957 bits per heavy atom. The zero-order valence-corrected chi connectivity index (χ0v) is 26.6. The average molecular weight is 654 g/mol. The van der Waals surface area contributed by atoms with Crippen LogP contribution in [0.5, 0.6) is 5.75 Å². The second-order valence-corrected chi connectivity index (χ2v) is 13.5. The summed E-state index contributed by atoms with van der Waals surface area (Å²) in [5.74, 6) is -0.821. The van der Waals surface area contributed by atoms with E-state index in [1.807, 2.05) is 24.3 Å². The molecule has 0 aromatic heterocycles. The summed E-state index contributed by atoms with van der Waals surface area (Å²) in [5, 5.41) is 29.2. The Bertz CT molecular complexity index is 1560. The van der Waals surface area contributed by atoms with Gasteiger partial charge < -0.3 is 30.7 Å². The van der Waals surface area contributed by atoms with Crippen molar-refractivity contribution < 1.29 is 38.1 Å². The van der Waals surface area contributed by atoms with E-state index in [1.54, 1.807) is 42.5 Å². The highest BCUT2D eigenvalue weighted by atomic mass is 32.2. The van der Waals surface area contributed by atoms with Crippen molar-refractivity contribution in [1.82, 2.24) is 9.62 Å². The topological polar surface area (TPSA) is 179 Å². The molecule has 4 rings (SSSR count). The number of amides is 2. The Balaban J connectivity index is 1.42. The van der Waals surface area contributed by atoms with Gasteiger partial charge in [0, 0.05) is 18.8 Å². The molecule has 0 saturated heterocycles. The maximum absolute atomic E-state index is 13.0. The highest BCUT2D eigenvalue weighted by Crippen LogP contribution is 2.31. The molecule has 3 aromatic carbocycles. The van der Waals surface area contributed by atoms with Gasteiger partial charge >= 0.3 is 6.09 Å². The Hall–Kier alpha value is -4.13. The lowest BCUT2D eigenvalue weighted by molar-refractivity contribution is 0.0961. The van der Waals surface area contributed by atoms with Crippen molar-refractivity contribution in [1.29, 1.82) is 0 Å². The number of carboxylic acid groups (broad SMARTS) is 1. The Morgan fingerprint density at radius 3 is 2.28 bits per heavy atom. The normalized spacial score (nSPS) is 14.4. The van der Waals surface area contributed by atoms with E-state index in [0.717, 1.165) is 48.8 Å². The number of nitrogens with one attached hydrogen (secondary N) is 1. The molecule has 11 nitrogen and oxygen atoms in total. The number of aryl methyl sites for hydroxylation is 1. The summed E-state index contributed by atoms with van der Waals surface area (Å²) >= 11 is 0. The van der Waals surface area contributed by atoms with Crippen LogP contribution < -0.4 is 15.2 Å². The third-order valence-corrected chi connectivity index (χ3v) is 9.38. The SMILES string of the molecule is Nc1ccc([C@H](O)CN(CCCc2ccc(-c3ccc(C(=O)NS(=O)(=O)CCCO)c(OC4CCCCC4)c3)cc2)C(=O)O)cc1. The van der Waals surface area contributed by atoms with Gasteiger partial charge in [-0.25, -0.2) is 17.9 Å². The van der Waals surface area contributed by atoms with Crippen LogP contribution in [0, 0.1) is 0 Å². The van der Waals surface area contributed by atoms with Crippen molar-refractivity contribution in [2.24, 2.45) is 0 Å². The van der Waals surface area contributed by atoms with E-state index in [9.17, 15) is 28.2 Å². The molecule has 0 spiro atoms. The predicted octanol–water partition coefficient (Wildman–Crippen LogP) is 4.74. The second kappa shape index (κ2) is 16.4. The molecule has 1 aliphatic rings. The third-order valence-electron chi connectivity index (χ3n) is 8.06. The number of rotatable bonds is 15. The van der Waals surface area contributed by atoms with Crippen molar-refractivity contribution in [2.45, 2.75) is 63.6 Å². The van der Waals surface area contributed by atoms with Crippen molar-refractivity contribution in [2.75, 3.05) is 31.2 Å². The predicted molar refractivity (Wildman–Crippen MR) is 176 cm³/mol. The molecule has 248 valence electrons. The van der Waals surface area contributed by atoms with Gasteiger partial charge in [-0.15, -0.1) is 0 Å². The van der Waals surface area contributed by atoms with Gasteiger partial charge in [-0.1, -0.05) is 48.9 Å². The standard InChI is InChI=1S/C34H43N3O8S/c35-28-16-13-26(14-17-28)31(39)23-37(34(41)42)19-4-6-24-9-11-25(12-10-24)27-15-18-30(33(40)36-46(43,44)21-5-20-38)32(22-27)45-29-7-2-1-3-8-29/h9-18,22,29,31,38-39H,1-8,19-21,23,35H2,(H,36,40)(H,41,42)/t31-/m1/s1. The number of nitrogen functional groups attached to an aromatic ring is 1. The minimum absolute atomic E-state index is 0.0223. The maximum atomic E-state index is 13.0. The largest absolute Gasteiger partial charge is 0.490 e. The van der Waals surface area contributed by atoms with Gasteiger partial charge in [0.25, 0.3) is 5.91 Å². The number of nitrogens with two attached hydrogens (primary N) is 1. The molecule has 0 radical (unpaired) electrons. The van der Waals surface area contributed by atoms with Crippen LogP contribution in [-0.4, -0.2) is 72.2 Å². The highest BCUT2D eigenvalue weighted by molar-refractivity contribution is 7.90. The molecule has 2 amide bonds. The monoisotopic (exact) mass is 653 g/mol. The summed E-state index contributed by atoms with van der Waals surface area (Å²) in [4.78, 5) is 26.0. The first-order valence-electron chi connectivity index (χ1n) is 15.6. The average Bonchev–Trinajstić information content (AvgIpc) is 3.04. The molecule has 0 heterocycles. The van der Waals surface area contributed by atoms with Crippen LogP contribution in [0.2, 0.25) is 0 Å². The van der Waals surface area contributed by atoms with Crippen LogP contribution in [0.15, 0.2) is 66.7 Å². The van der Waals surface area contributed by atoms with Crippen LogP contribution in [0.4, 0.5) is 10.5 Å². The van der Waals surface area contributed by atoms with Crippen molar-refractivity contribution in [3.8, 4) is 16.9 Å². The number of aliphatic hydroxyl groups excluding tert-OH is 2. The van der Waals surface area contributed by atoms with Crippen LogP contribution in [0.25, 0.3) is 11.1 Å². The van der Waals surface area contributed by atoms with Crippen molar-refractivity contribution >= 4 is 27.7 Å². The third kappa shape index (κ3) is 10.2. The summed E-state index contributed by atoms with van der Waals surface area (Å²) in [7, 11) is -3.91. The molecule has 46 heavy (non-hydrogen) atoms. The molecule has 0 bridgehead atoms. The molecule has 12 heteroatoms. The molecule has 1 saturated carbocycles. The molecule has 1 aliphatic carbocycles. The van der Waals surface area contributed by atoms with Gasteiger partial charge in [0.1, 0.15) is 5.75 Å². The lowest BCUT2D eigenvalue weighted by Crippen LogP contribution is -2.34. The van der Waals surface area contributed by atoms with Gasteiger partial charge in [0.15, 0.2) is 0 Å². The number of benzene rings is 3. The van der Waals surface area contributed by atoms with Gasteiger partial charge in [-0.2, -0.15) is 0 Å². The summed E-state index contributed by atoms with van der Waals surface area (Å²) in [6.07, 6.45) is 3.97. The maximum Gasteiger partial charge on any atom is 0.407 e. The number of carbonyl (C=O) groups is 2. The number of sulfonamides is 1. The quantitative estimate of drug-likeness (QED) is 0.145. The van der Waals surface area contributed by atoms with E-state index in [4.69, 9.17) is 15.6 Å². The Labute approximate surface area is 270 Å². The van der Waals surface area contributed by atoms with Crippen LogP contribution in [-0.2, 0) is 16.4 Å². The molecule has 1 fully saturated rings. The van der Waals surface area contributed by atoms with Gasteiger partial charge in [-0.3, -0.25) is 4.79 Å². The van der Waals surface area contributed by atoms with Gasteiger partial charge in [-0.05, 0) is 91.5 Å². The Kier molecular flexibility index (Phi) is 12.4. The molecule has 0 aliphatic heterocycles. The van der Waals surface area contributed by atoms with E-state index >= 15 is 0 Å². The molecule has 1 atom stereocenters. The summed E-state index contributed by atoms with van der Waals surface area (Å²) in [6.45, 7) is -0.0921. The van der Waals surface area contributed by atoms with Crippen LogP contribution >= 0.6 is 0 Å². The van der Waals surface area contributed by atoms with Crippen LogP contribution in [0.1, 0.15) is 72.5 Å². The number of carbonyl (C=O) groups excluding carboxylic acids is 1. The first-order chi connectivity index (χ1) is 22.0. The van der Waals surface area contributed by atoms with E-state index in [0.29, 0.717) is 29.8 Å². The Morgan fingerprint density at radius 2 is 1.63 bits per heavy atom. The summed E-state index contributed by atoms with van der Waals surface area (Å²) in [6, 6.07) is 19.6. The van der Waals surface area contributed by atoms with E-state index in [-0.39, 0.29) is 43.5 Å². The number of anilines is 1. The van der Waals surface area contributed by atoms with Gasteiger partial charge in [0.2, 0.25) is 10.0 Å². The molecule has 6 N–H and O–H groups in total. The van der Waals surface area contributed by atoms with Crippen LogP contribution in [0.3, 0.4) is 0 Å². The summed E-state index contributed by atoms with van der Waals surface area (Å²) in [5.41, 5.74) is 9.67. The van der Waals surface area contributed by atoms with E-state index < -0.39 is 28.1 Å². The summed E-state index contributed by atoms with van der Waals surface area (Å²) < 4.78 is 33.0. The minimum Gasteiger partial charge on any atom is -0.490 e. The minimum atomic E-state index is -3.91. The molecule has 0 unspecified atom stereocenters. The van der Waals surface area contributed by atoms with E-state index in [2.05, 4.69) is 4.72 Å². The fourth-order valence-electron chi connectivity index (χ4n) is 5.49. The number of aliphatic hydroxyl groups is 2. The van der Waals surface area contributed by atoms with E-state index in [1.165, 1.54) is 4.90 Å². The van der Waals surface area contributed by atoms with Crippen molar-refractivity contribution in [3.63, 3.8) is 0 Å². The molecular weight excluding hydrogens is 610 g/mol. The van der Waals surface area contributed by atoms with Gasteiger partial charge in [0.05, 0.1) is 30.1 Å². The fraction of sp³-hybridized carbons (Fsp3) is 0.412. The first-order valence-corrected chi connectivity index (χ1v) is 17.3. The number of hydrogen-bond acceptors (Lipinski definition) is 8. The second-order valence-electron chi connectivity index (χ2n) is 11.6. The van der Waals surface area contributed by atoms with Crippen molar-refractivity contribution in [3.05, 3.63) is 83.4 Å². The number of nitrogens with zero attached hydrogens (tertiary/aromatic N) is 1. The molecular formula is C34H43N3O8S. The zero-order chi connectivity index (χ0) is 33.1. The highest BCUT2D eigenvalue weighted by Gasteiger charge is 2.23. The number of ether oxygens (including phenoxy) is 1. The number of hydrogen-bond donors (Lipinski definition) is 5.